The summed E-state index contributed by atoms with van der Waals surface area (Å²) in [6.07, 6.45) is 2.05. The lowest BCUT2D eigenvalue weighted by Crippen LogP contribution is -2.38. The lowest BCUT2D eigenvalue weighted by Gasteiger charge is -2.31. The monoisotopic (exact) mass is 453 g/mol. The number of hydrogen-bond donors (Lipinski definition) is 1. The van der Waals surface area contributed by atoms with Crippen molar-refractivity contribution in [1.29, 1.82) is 0 Å². The third-order valence-corrected chi connectivity index (χ3v) is 6.25. The molecular weight excluding hydrogens is 426 g/mol. The van der Waals surface area contributed by atoms with Crippen LogP contribution in [0, 0.1) is 6.92 Å². The highest BCUT2D eigenvalue weighted by Crippen LogP contribution is 2.38. The van der Waals surface area contributed by atoms with Gasteiger partial charge in [0.25, 0.3) is 0 Å². The molecular formula is C28H27N3O3. The van der Waals surface area contributed by atoms with Gasteiger partial charge in [-0.15, -0.1) is 0 Å². The van der Waals surface area contributed by atoms with Crippen molar-refractivity contribution >= 4 is 11.7 Å². The van der Waals surface area contributed by atoms with Crippen LogP contribution >= 0.6 is 0 Å². The second-order valence-corrected chi connectivity index (χ2v) is 8.37. The van der Waals surface area contributed by atoms with Crippen LogP contribution in [0.1, 0.15) is 28.4 Å². The van der Waals surface area contributed by atoms with Crippen molar-refractivity contribution in [2.75, 3.05) is 19.5 Å². The van der Waals surface area contributed by atoms with E-state index in [0.717, 1.165) is 33.8 Å². The van der Waals surface area contributed by atoms with Crippen LogP contribution in [0.2, 0.25) is 0 Å². The summed E-state index contributed by atoms with van der Waals surface area (Å²) in [5.41, 5.74) is 5.85. The zero-order valence-corrected chi connectivity index (χ0v) is 19.5. The molecule has 0 fully saturated rings. The van der Waals surface area contributed by atoms with Crippen LogP contribution < -0.4 is 14.8 Å². The van der Waals surface area contributed by atoms with Gasteiger partial charge >= 0.3 is 6.03 Å². The van der Waals surface area contributed by atoms with Crippen molar-refractivity contribution in [3.8, 4) is 17.2 Å². The minimum atomic E-state index is -0.302. The summed E-state index contributed by atoms with van der Waals surface area (Å²) in [6.45, 7) is 2.44. The molecule has 0 saturated carbocycles. The zero-order valence-electron chi connectivity index (χ0n) is 19.5. The number of aromatic nitrogens is 1. The number of fused-ring (bicyclic) bond motifs is 3. The number of amides is 2. The van der Waals surface area contributed by atoms with E-state index in [9.17, 15) is 4.79 Å². The first kappa shape index (κ1) is 21.6. The van der Waals surface area contributed by atoms with Crippen molar-refractivity contribution in [2.24, 2.45) is 0 Å². The number of ether oxygens (including phenoxy) is 2. The molecule has 0 bridgehead atoms. The third kappa shape index (κ3) is 3.88. The number of nitrogens with one attached hydrogen (secondary N) is 1. The summed E-state index contributed by atoms with van der Waals surface area (Å²) in [5, 5.41) is 3.10. The molecule has 0 radical (unpaired) electrons. The van der Waals surface area contributed by atoms with Crippen molar-refractivity contribution in [1.82, 2.24) is 9.47 Å². The van der Waals surface area contributed by atoms with E-state index in [0.29, 0.717) is 18.0 Å². The molecule has 2 heterocycles. The van der Waals surface area contributed by atoms with Crippen LogP contribution in [0.4, 0.5) is 10.5 Å². The van der Waals surface area contributed by atoms with E-state index in [4.69, 9.17) is 9.47 Å². The maximum atomic E-state index is 13.9. The van der Waals surface area contributed by atoms with Gasteiger partial charge in [-0.25, -0.2) is 4.79 Å². The average molecular weight is 454 g/mol. The first-order valence-electron chi connectivity index (χ1n) is 11.2. The fraction of sp³-hybridized carbons (Fsp3) is 0.179. The number of hydrogen-bond acceptors (Lipinski definition) is 3. The number of carbonyl (C=O) groups excluding carboxylic acids is 1. The van der Waals surface area contributed by atoms with Crippen LogP contribution in [-0.2, 0) is 6.54 Å². The second kappa shape index (κ2) is 8.98. The number of rotatable bonds is 4. The molecule has 0 saturated heterocycles. The number of nitrogens with zero attached hydrogens (tertiary/aromatic N) is 2. The summed E-state index contributed by atoms with van der Waals surface area (Å²) in [7, 11) is 3.26. The van der Waals surface area contributed by atoms with E-state index in [1.807, 2.05) is 72.5 Å². The van der Waals surface area contributed by atoms with Gasteiger partial charge in [-0.3, -0.25) is 0 Å². The number of benzene rings is 3. The average Bonchev–Trinajstić information content (AvgIpc) is 3.28. The molecule has 0 aliphatic carbocycles. The lowest BCUT2D eigenvalue weighted by atomic mass is 10.0. The third-order valence-electron chi connectivity index (χ3n) is 6.25. The molecule has 2 amide bonds. The summed E-state index contributed by atoms with van der Waals surface area (Å²) in [4.78, 5) is 15.7. The number of methoxy groups -OCH3 is 2. The Bertz CT molecular complexity index is 1330. The highest BCUT2D eigenvalue weighted by molar-refractivity contribution is 5.92. The maximum absolute atomic E-state index is 13.9. The van der Waals surface area contributed by atoms with Gasteiger partial charge in [-0.1, -0.05) is 36.4 Å². The molecule has 6 nitrogen and oxygen atoms in total. The SMILES string of the molecule is COc1ccc([C@H]2c3cccn3-c3ccccc3CN2C(=O)Nc2cc(C)ccc2OC)cc1. The van der Waals surface area contributed by atoms with Crippen molar-refractivity contribution < 1.29 is 14.3 Å². The number of carbonyl (C=O) groups is 1. The molecule has 0 unspecified atom stereocenters. The van der Waals surface area contributed by atoms with E-state index in [1.165, 1.54) is 0 Å². The fourth-order valence-corrected chi connectivity index (χ4v) is 4.58. The lowest BCUT2D eigenvalue weighted by molar-refractivity contribution is 0.194. The molecule has 4 aromatic rings. The molecule has 3 aromatic carbocycles. The Labute approximate surface area is 199 Å². The zero-order chi connectivity index (χ0) is 23.7. The van der Waals surface area contributed by atoms with Gasteiger partial charge in [0.05, 0.1) is 38.2 Å². The van der Waals surface area contributed by atoms with E-state index in [-0.39, 0.29) is 12.1 Å². The summed E-state index contributed by atoms with van der Waals surface area (Å²) >= 11 is 0. The first-order valence-corrected chi connectivity index (χ1v) is 11.2. The molecule has 172 valence electrons. The molecule has 34 heavy (non-hydrogen) atoms. The van der Waals surface area contributed by atoms with Gasteiger partial charge in [0, 0.05) is 11.9 Å². The molecule has 1 aromatic heterocycles. The molecule has 0 spiro atoms. The fourth-order valence-electron chi connectivity index (χ4n) is 4.58. The summed E-state index contributed by atoms with van der Waals surface area (Å²) < 4.78 is 13.0. The van der Waals surface area contributed by atoms with E-state index in [2.05, 4.69) is 34.3 Å². The van der Waals surface area contributed by atoms with Crippen LogP contribution in [0.3, 0.4) is 0 Å². The predicted molar refractivity (Wildman–Crippen MR) is 133 cm³/mol. The first-order chi connectivity index (χ1) is 16.6. The number of anilines is 1. The minimum Gasteiger partial charge on any atom is -0.497 e. The predicted octanol–water partition coefficient (Wildman–Crippen LogP) is 5.94. The topological polar surface area (TPSA) is 55.7 Å². The Morgan fingerprint density at radius 2 is 1.74 bits per heavy atom. The van der Waals surface area contributed by atoms with Crippen molar-refractivity contribution in [3.05, 3.63) is 107 Å². The summed E-state index contributed by atoms with van der Waals surface area (Å²) in [5.74, 6) is 1.40. The Kier molecular flexibility index (Phi) is 5.72. The Balaban J connectivity index is 1.62. The largest absolute Gasteiger partial charge is 0.497 e. The van der Waals surface area contributed by atoms with Gasteiger partial charge in [-0.2, -0.15) is 0 Å². The van der Waals surface area contributed by atoms with Gasteiger partial charge in [0.2, 0.25) is 0 Å². The van der Waals surface area contributed by atoms with Gasteiger partial charge in [-0.05, 0) is 66.1 Å². The second-order valence-electron chi connectivity index (χ2n) is 8.37. The quantitative estimate of drug-likeness (QED) is 0.416. The maximum Gasteiger partial charge on any atom is 0.323 e. The molecule has 6 heteroatoms. The normalized spacial score (nSPS) is 14.6. The smallest absolute Gasteiger partial charge is 0.323 e. The Morgan fingerprint density at radius 3 is 2.50 bits per heavy atom. The Morgan fingerprint density at radius 1 is 0.941 bits per heavy atom. The van der Waals surface area contributed by atoms with Crippen LogP contribution in [-0.4, -0.2) is 29.7 Å². The molecule has 5 rings (SSSR count). The molecule has 1 N–H and O–H groups in total. The van der Waals surface area contributed by atoms with E-state index in [1.54, 1.807) is 14.2 Å². The molecule has 1 atom stereocenters. The molecule has 1 aliphatic rings. The number of aryl methyl sites for hydroxylation is 1. The van der Waals surface area contributed by atoms with E-state index < -0.39 is 0 Å². The van der Waals surface area contributed by atoms with Gasteiger partial charge in [0.1, 0.15) is 11.5 Å². The van der Waals surface area contributed by atoms with Gasteiger partial charge < -0.3 is 24.3 Å². The number of urea groups is 1. The van der Waals surface area contributed by atoms with E-state index >= 15 is 0 Å². The summed E-state index contributed by atoms with van der Waals surface area (Å²) in [6, 6.07) is 25.4. The Hall–Kier alpha value is -4.19. The van der Waals surface area contributed by atoms with Crippen molar-refractivity contribution in [3.63, 3.8) is 0 Å². The minimum absolute atomic E-state index is 0.200. The van der Waals surface area contributed by atoms with Crippen LogP contribution in [0.5, 0.6) is 11.5 Å². The highest BCUT2D eigenvalue weighted by Gasteiger charge is 2.33. The standard InChI is InChI=1S/C28H27N3O3/c1-19-10-15-26(34-3)23(17-19)29-28(32)31-18-21-7-4-5-8-24(21)30-16-6-9-25(30)27(31)20-11-13-22(33-2)14-12-20/h4-17,27H,18H2,1-3H3,(H,29,32)/t27-/m0/s1. The highest BCUT2D eigenvalue weighted by atomic mass is 16.5. The van der Waals surface area contributed by atoms with Crippen LogP contribution in [0.25, 0.3) is 5.69 Å². The number of para-hydroxylation sites is 1. The van der Waals surface area contributed by atoms with Gasteiger partial charge in [0.15, 0.2) is 0 Å². The van der Waals surface area contributed by atoms with Crippen molar-refractivity contribution in [2.45, 2.75) is 19.5 Å². The molecule has 1 aliphatic heterocycles. The van der Waals surface area contributed by atoms with Crippen LogP contribution in [0.15, 0.2) is 85.1 Å².